The summed E-state index contributed by atoms with van der Waals surface area (Å²) in [6, 6.07) is 19.8. The lowest BCUT2D eigenvalue weighted by Gasteiger charge is -2.29. The van der Waals surface area contributed by atoms with Gasteiger partial charge in [-0.1, -0.05) is 36.4 Å². The van der Waals surface area contributed by atoms with Gasteiger partial charge in [-0.3, -0.25) is 9.69 Å². The average molecular weight is 402 g/mol. The lowest BCUT2D eigenvalue weighted by molar-refractivity contribution is 0.00171. The van der Waals surface area contributed by atoms with E-state index in [0.717, 1.165) is 49.2 Å². The molecule has 0 unspecified atom stereocenters. The number of amides is 1. The number of nitrogens with one attached hydrogen (secondary N) is 1. The fourth-order valence-electron chi connectivity index (χ4n) is 5.92. The van der Waals surface area contributed by atoms with Crippen molar-refractivity contribution in [1.82, 2.24) is 10.2 Å². The van der Waals surface area contributed by atoms with Crippen LogP contribution in [0.1, 0.15) is 29.0 Å². The van der Waals surface area contributed by atoms with Crippen LogP contribution >= 0.6 is 0 Å². The fraction of sp³-hybridized carbons (Fsp3) is 0.400. The van der Waals surface area contributed by atoms with Gasteiger partial charge >= 0.3 is 0 Å². The molecule has 1 N–H and O–H groups in total. The van der Waals surface area contributed by atoms with Crippen molar-refractivity contribution >= 4 is 16.9 Å². The van der Waals surface area contributed by atoms with E-state index in [-0.39, 0.29) is 17.6 Å². The zero-order valence-corrected chi connectivity index (χ0v) is 16.9. The molecule has 1 aromatic heterocycles. The SMILES string of the molecule is O=C(NC[C@H]1[C@H]2CN(Cc3cc4ccccc4o3)C[C@]23CC[C@H]1O3)c1ccccc1. The van der Waals surface area contributed by atoms with Gasteiger partial charge in [-0.25, -0.2) is 0 Å². The molecule has 3 aliphatic heterocycles. The third kappa shape index (κ3) is 2.96. The number of para-hydroxylation sites is 1. The number of furan rings is 1. The van der Waals surface area contributed by atoms with E-state index in [2.05, 4.69) is 22.3 Å². The first kappa shape index (κ1) is 18.2. The third-order valence-electron chi connectivity index (χ3n) is 7.24. The van der Waals surface area contributed by atoms with E-state index in [1.807, 2.05) is 48.5 Å². The van der Waals surface area contributed by atoms with Crippen LogP contribution in [0, 0.1) is 11.8 Å². The van der Waals surface area contributed by atoms with Crippen molar-refractivity contribution in [2.75, 3.05) is 19.6 Å². The standard InChI is InChI=1S/C25H26N2O3/c28-24(17-6-2-1-3-7-17)26-13-20-21-15-27(16-25(21)11-10-23(20)30-25)14-19-12-18-8-4-5-9-22(18)29-19/h1-9,12,20-21,23H,10-11,13-16H2,(H,26,28)/t20-,21+,23+,25+/m0/s1. The Hall–Kier alpha value is -2.63. The van der Waals surface area contributed by atoms with E-state index >= 15 is 0 Å². The molecule has 2 aromatic carbocycles. The predicted octanol–water partition coefficient (Wildman–Crippen LogP) is 3.84. The number of carbonyl (C=O) groups excluding carboxylic acids is 1. The van der Waals surface area contributed by atoms with Crippen molar-refractivity contribution in [2.45, 2.75) is 31.1 Å². The summed E-state index contributed by atoms with van der Waals surface area (Å²) >= 11 is 0. The number of ether oxygens (including phenoxy) is 1. The molecule has 3 fully saturated rings. The molecule has 30 heavy (non-hydrogen) atoms. The van der Waals surface area contributed by atoms with Crippen molar-refractivity contribution < 1.29 is 13.9 Å². The number of likely N-dealkylation sites (tertiary alicyclic amines) is 1. The Bertz CT molecular complexity index is 1050. The molecular formula is C25H26N2O3. The topological polar surface area (TPSA) is 54.7 Å². The molecule has 5 nitrogen and oxygen atoms in total. The van der Waals surface area contributed by atoms with E-state index in [1.54, 1.807) is 0 Å². The van der Waals surface area contributed by atoms with Crippen molar-refractivity contribution in [3.8, 4) is 0 Å². The molecule has 0 aliphatic carbocycles. The lowest BCUT2D eigenvalue weighted by atomic mass is 9.73. The van der Waals surface area contributed by atoms with Crippen molar-refractivity contribution in [1.29, 1.82) is 0 Å². The second-order valence-corrected chi connectivity index (χ2v) is 9.03. The number of benzene rings is 2. The molecule has 0 saturated carbocycles. The third-order valence-corrected chi connectivity index (χ3v) is 7.24. The normalized spacial score (nSPS) is 30.1. The molecule has 5 heteroatoms. The number of hydrogen-bond acceptors (Lipinski definition) is 4. The van der Waals surface area contributed by atoms with Gasteiger partial charge in [0.25, 0.3) is 5.91 Å². The maximum Gasteiger partial charge on any atom is 0.251 e. The highest BCUT2D eigenvalue weighted by Gasteiger charge is 2.62. The molecule has 1 amide bonds. The van der Waals surface area contributed by atoms with Gasteiger partial charge in [0.15, 0.2) is 0 Å². The Balaban J connectivity index is 1.14. The number of rotatable bonds is 5. The van der Waals surface area contributed by atoms with Crippen LogP contribution in [0.3, 0.4) is 0 Å². The van der Waals surface area contributed by atoms with Gasteiger partial charge in [0.05, 0.1) is 18.2 Å². The summed E-state index contributed by atoms with van der Waals surface area (Å²) < 4.78 is 12.6. The van der Waals surface area contributed by atoms with E-state index < -0.39 is 0 Å². The number of fused-ring (bicyclic) bond motifs is 2. The van der Waals surface area contributed by atoms with E-state index in [0.29, 0.717) is 23.9 Å². The van der Waals surface area contributed by atoms with Gasteiger partial charge in [-0.05, 0) is 37.1 Å². The van der Waals surface area contributed by atoms with Crippen molar-refractivity contribution in [3.05, 3.63) is 72.0 Å². The molecule has 3 aliphatic rings. The maximum absolute atomic E-state index is 12.5. The van der Waals surface area contributed by atoms with Crippen LogP contribution < -0.4 is 5.32 Å². The van der Waals surface area contributed by atoms with Gasteiger partial charge in [0.2, 0.25) is 0 Å². The second kappa shape index (κ2) is 6.96. The summed E-state index contributed by atoms with van der Waals surface area (Å²) in [7, 11) is 0. The van der Waals surface area contributed by atoms with Gasteiger partial charge < -0.3 is 14.5 Å². The van der Waals surface area contributed by atoms with Crippen molar-refractivity contribution in [3.63, 3.8) is 0 Å². The molecule has 2 bridgehead atoms. The van der Waals surface area contributed by atoms with Crippen LogP contribution in [0.5, 0.6) is 0 Å². The Labute approximate surface area is 176 Å². The highest BCUT2D eigenvalue weighted by molar-refractivity contribution is 5.94. The van der Waals surface area contributed by atoms with Gasteiger partial charge in [0, 0.05) is 42.4 Å². The Kier molecular flexibility index (Phi) is 4.22. The Morgan fingerprint density at radius 1 is 1.13 bits per heavy atom. The van der Waals surface area contributed by atoms with Crippen LogP contribution in [0.15, 0.2) is 65.1 Å². The molecule has 1 spiro atoms. The predicted molar refractivity (Wildman–Crippen MR) is 114 cm³/mol. The molecule has 6 rings (SSSR count). The molecule has 154 valence electrons. The fourth-order valence-corrected chi connectivity index (χ4v) is 5.92. The van der Waals surface area contributed by atoms with E-state index in [9.17, 15) is 4.79 Å². The summed E-state index contributed by atoms with van der Waals surface area (Å²) in [6.07, 6.45) is 2.50. The maximum atomic E-state index is 12.5. The van der Waals surface area contributed by atoms with Crippen LogP contribution in [0.25, 0.3) is 11.0 Å². The number of carbonyl (C=O) groups is 1. The van der Waals surface area contributed by atoms with Gasteiger partial charge in [-0.2, -0.15) is 0 Å². The highest BCUT2D eigenvalue weighted by atomic mass is 16.5. The lowest BCUT2D eigenvalue weighted by Crippen LogP contribution is -2.41. The zero-order valence-electron chi connectivity index (χ0n) is 16.9. The summed E-state index contributed by atoms with van der Waals surface area (Å²) in [5, 5.41) is 4.32. The van der Waals surface area contributed by atoms with Crippen LogP contribution in [0.4, 0.5) is 0 Å². The summed E-state index contributed by atoms with van der Waals surface area (Å²) in [5.74, 6) is 1.87. The van der Waals surface area contributed by atoms with Crippen LogP contribution in [0.2, 0.25) is 0 Å². The number of nitrogens with zero attached hydrogens (tertiary/aromatic N) is 1. The Morgan fingerprint density at radius 3 is 2.83 bits per heavy atom. The summed E-state index contributed by atoms with van der Waals surface area (Å²) in [5.41, 5.74) is 1.62. The van der Waals surface area contributed by atoms with E-state index in [4.69, 9.17) is 9.15 Å². The van der Waals surface area contributed by atoms with Crippen molar-refractivity contribution in [2.24, 2.45) is 11.8 Å². The first-order valence-corrected chi connectivity index (χ1v) is 10.9. The van der Waals surface area contributed by atoms with Crippen LogP contribution in [-0.4, -0.2) is 42.1 Å². The minimum Gasteiger partial charge on any atom is -0.460 e. The summed E-state index contributed by atoms with van der Waals surface area (Å²) in [4.78, 5) is 15.0. The average Bonchev–Trinajstić information content (AvgIpc) is 3.51. The molecule has 3 saturated heterocycles. The highest BCUT2D eigenvalue weighted by Crippen LogP contribution is 2.54. The monoisotopic (exact) mass is 402 g/mol. The summed E-state index contributed by atoms with van der Waals surface area (Å²) in [6.45, 7) is 3.45. The zero-order chi connectivity index (χ0) is 20.1. The molecular weight excluding hydrogens is 376 g/mol. The molecule has 4 atom stereocenters. The van der Waals surface area contributed by atoms with Crippen LogP contribution in [-0.2, 0) is 11.3 Å². The second-order valence-electron chi connectivity index (χ2n) is 9.03. The first-order valence-electron chi connectivity index (χ1n) is 10.9. The first-order chi connectivity index (χ1) is 14.7. The smallest absolute Gasteiger partial charge is 0.251 e. The van der Waals surface area contributed by atoms with E-state index in [1.165, 1.54) is 0 Å². The minimum atomic E-state index is -0.0428. The largest absolute Gasteiger partial charge is 0.460 e. The Morgan fingerprint density at radius 2 is 1.97 bits per heavy atom. The number of hydrogen-bond donors (Lipinski definition) is 1. The molecule has 0 radical (unpaired) electrons. The molecule has 4 heterocycles. The van der Waals surface area contributed by atoms with Gasteiger partial charge in [-0.15, -0.1) is 0 Å². The molecule has 3 aromatic rings. The van der Waals surface area contributed by atoms with Gasteiger partial charge in [0.1, 0.15) is 11.3 Å². The minimum absolute atomic E-state index is 0.00421. The quantitative estimate of drug-likeness (QED) is 0.705.